The van der Waals surface area contributed by atoms with Crippen molar-refractivity contribution in [3.05, 3.63) is 18.2 Å². The Morgan fingerprint density at radius 3 is 2.75 bits per heavy atom. The van der Waals surface area contributed by atoms with Crippen LogP contribution in [0.4, 0.5) is 5.69 Å². The molecule has 1 saturated carbocycles. The fraction of sp³-hybridized carbons (Fsp3) is 0.533. The van der Waals surface area contributed by atoms with Crippen LogP contribution in [0.1, 0.15) is 26.2 Å². The molecule has 1 aromatic rings. The first-order valence-electron chi connectivity index (χ1n) is 7.00. The van der Waals surface area contributed by atoms with Crippen LogP contribution >= 0.6 is 0 Å². The van der Waals surface area contributed by atoms with E-state index in [1.165, 1.54) is 12.8 Å². The lowest BCUT2D eigenvalue weighted by Gasteiger charge is -2.10. The topological polar surface area (TPSA) is 68.9 Å². The third-order valence-corrected chi connectivity index (χ3v) is 3.51. The Labute approximate surface area is 120 Å². The number of guanidine groups is 1. The second kappa shape index (κ2) is 6.50. The molecule has 2 atom stereocenters. The average Bonchev–Trinajstić information content (AvgIpc) is 3.16. The molecule has 5 heteroatoms. The van der Waals surface area contributed by atoms with E-state index < -0.39 is 0 Å². The van der Waals surface area contributed by atoms with Crippen molar-refractivity contribution in [3.63, 3.8) is 0 Å². The fourth-order valence-electron chi connectivity index (χ4n) is 2.34. The minimum absolute atomic E-state index is 0.391. The van der Waals surface area contributed by atoms with E-state index in [1.54, 1.807) is 14.2 Å². The molecule has 1 aromatic carbocycles. The summed E-state index contributed by atoms with van der Waals surface area (Å²) in [6, 6.07) is 5.96. The van der Waals surface area contributed by atoms with E-state index in [0.717, 1.165) is 12.1 Å². The Kier molecular flexibility index (Phi) is 4.71. The van der Waals surface area contributed by atoms with Crippen LogP contribution in [-0.4, -0.2) is 26.2 Å². The van der Waals surface area contributed by atoms with Gasteiger partial charge in [0, 0.05) is 11.8 Å². The molecule has 3 N–H and O–H groups in total. The van der Waals surface area contributed by atoms with Gasteiger partial charge in [-0.1, -0.05) is 13.3 Å². The highest BCUT2D eigenvalue weighted by Crippen LogP contribution is 2.37. The number of ether oxygens (including phenoxy) is 2. The largest absolute Gasteiger partial charge is 0.493 e. The highest BCUT2D eigenvalue weighted by Gasteiger charge is 2.35. The summed E-state index contributed by atoms with van der Waals surface area (Å²) in [4.78, 5) is 4.49. The molecule has 2 rings (SSSR count). The number of methoxy groups -OCH3 is 2. The van der Waals surface area contributed by atoms with E-state index in [-0.39, 0.29) is 0 Å². The quantitative estimate of drug-likeness (QED) is 0.619. The molecule has 2 unspecified atom stereocenters. The standard InChI is InChI=1S/C15H23N3O2/c1-4-5-10-8-12(10)18-15(16)17-11-6-7-13(19-2)14(9-11)20-3/h6-7,9-10,12H,4-5,8H2,1-3H3,(H3,16,17,18). The van der Waals surface area contributed by atoms with Crippen molar-refractivity contribution >= 4 is 11.6 Å². The zero-order valence-electron chi connectivity index (χ0n) is 12.3. The number of benzene rings is 1. The number of hydrogen-bond donors (Lipinski definition) is 2. The van der Waals surface area contributed by atoms with E-state index in [2.05, 4.69) is 17.2 Å². The van der Waals surface area contributed by atoms with E-state index >= 15 is 0 Å². The average molecular weight is 277 g/mol. The summed E-state index contributed by atoms with van der Waals surface area (Å²) in [6.07, 6.45) is 3.60. The van der Waals surface area contributed by atoms with Crippen molar-refractivity contribution in [1.82, 2.24) is 0 Å². The van der Waals surface area contributed by atoms with Gasteiger partial charge in [-0.25, -0.2) is 4.99 Å². The van der Waals surface area contributed by atoms with Gasteiger partial charge in [0.25, 0.3) is 0 Å². The molecule has 0 radical (unpaired) electrons. The van der Waals surface area contributed by atoms with Crippen molar-refractivity contribution < 1.29 is 9.47 Å². The van der Waals surface area contributed by atoms with E-state index in [9.17, 15) is 0 Å². The highest BCUT2D eigenvalue weighted by atomic mass is 16.5. The number of hydrogen-bond acceptors (Lipinski definition) is 3. The molecule has 110 valence electrons. The van der Waals surface area contributed by atoms with E-state index in [0.29, 0.717) is 29.4 Å². The van der Waals surface area contributed by atoms with Crippen molar-refractivity contribution in [1.29, 1.82) is 0 Å². The molecular weight excluding hydrogens is 254 g/mol. The number of rotatable bonds is 6. The summed E-state index contributed by atoms with van der Waals surface area (Å²) in [7, 11) is 3.22. The van der Waals surface area contributed by atoms with Gasteiger partial charge in [0.2, 0.25) is 0 Å². The lowest BCUT2D eigenvalue weighted by atomic mass is 10.2. The van der Waals surface area contributed by atoms with Crippen LogP contribution in [0.2, 0.25) is 0 Å². The van der Waals surface area contributed by atoms with Gasteiger partial charge < -0.3 is 20.5 Å². The molecule has 0 bridgehead atoms. The minimum Gasteiger partial charge on any atom is -0.493 e. The fourth-order valence-corrected chi connectivity index (χ4v) is 2.34. The third kappa shape index (κ3) is 3.56. The van der Waals surface area contributed by atoms with Crippen LogP contribution in [-0.2, 0) is 0 Å². The molecule has 0 saturated heterocycles. The van der Waals surface area contributed by atoms with Gasteiger partial charge in [-0.3, -0.25) is 0 Å². The maximum Gasteiger partial charge on any atom is 0.193 e. The first-order valence-corrected chi connectivity index (χ1v) is 7.00. The highest BCUT2D eigenvalue weighted by molar-refractivity contribution is 5.92. The summed E-state index contributed by atoms with van der Waals surface area (Å²) in [5.41, 5.74) is 6.78. The number of nitrogens with one attached hydrogen (secondary N) is 1. The lowest BCUT2D eigenvalue weighted by molar-refractivity contribution is 0.355. The number of anilines is 1. The maximum absolute atomic E-state index is 5.93. The minimum atomic E-state index is 0.391. The molecule has 0 aliphatic heterocycles. The van der Waals surface area contributed by atoms with Gasteiger partial charge in [0.1, 0.15) is 0 Å². The molecule has 20 heavy (non-hydrogen) atoms. The van der Waals surface area contributed by atoms with E-state index in [1.807, 2.05) is 18.2 Å². The predicted octanol–water partition coefficient (Wildman–Crippen LogP) is 2.62. The number of aliphatic imine (C=N–C) groups is 1. The zero-order chi connectivity index (χ0) is 14.5. The maximum atomic E-state index is 5.93. The summed E-state index contributed by atoms with van der Waals surface area (Å²) < 4.78 is 10.5. The monoisotopic (exact) mass is 277 g/mol. The molecule has 0 heterocycles. The van der Waals surface area contributed by atoms with Crippen LogP contribution in [0.5, 0.6) is 11.5 Å². The molecule has 1 aliphatic rings. The van der Waals surface area contributed by atoms with Gasteiger partial charge in [-0.15, -0.1) is 0 Å². The summed E-state index contributed by atoms with van der Waals surface area (Å²) in [6.45, 7) is 2.20. The Hall–Kier alpha value is -1.91. The Bertz CT molecular complexity index is 488. The Morgan fingerprint density at radius 2 is 2.10 bits per heavy atom. The van der Waals surface area contributed by atoms with Crippen molar-refractivity contribution in [2.24, 2.45) is 16.6 Å². The van der Waals surface area contributed by atoms with Crippen LogP contribution in [0, 0.1) is 5.92 Å². The molecule has 5 nitrogen and oxygen atoms in total. The van der Waals surface area contributed by atoms with Gasteiger partial charge in [0.15, 0.2) is 17.5 Å². The third-order valence-electron chi connectivity index (χ3n) is 3.51. The molecule has 1 fully saturated rings. The summed E-state index contributed by atoms with van der Waals surface area (Å²) in [5, 5.41) is 3.09. The molecule has 0 amide bonds. The molecular formula is C15H23N3O2. The molecule has 0 aromatic heterocycles. The predicted molar refractivity (Wildman–Crippen MR) is 81.6 cm³/mol. The Morgan fingerprint density at radius 1 is 1.35 bits per heavy atom. The summed E-state index contributed by atoms with van der Waals surface area (Å²) >= 11 is 0. The van der Waals surface area contributed by atoms with Gasteiger partial charge in [-0.2, -0.15) is 0 Å². The van der Waals surface area contributed by atoms with Gasteiger partial charge >= 0.3 is 0 Å². The molecule has 1 aliphatic carbocycles. The zero-order valence-corrected chi connectivity index (χ0v) is 12.3. The Balaban J connectivity index is 1.98. The number of nitrogens with two attached hydrogens (primary N) is 1. The van der Waals surface area contributed by atoms with Crippen LogP contribution < -0.4 is 20.5 Å². The van der Waals surface area contributed by atoms with Crippen LogP contribution in [0.3, 0.4) is 0 Å². The molecule has 0 spiro atoms. The lowest BCUT2D eigenvalue weighted by Crippen LogP contribution is -2.23. The van der Waals surface area contributed by atoms with Gasteiger partial charge in [0.05, 0.1) is 20.3 Å². The van der Waals surface area contributed by atoms with Crippen molar-refractivity contribution in [2.45, 2.75) is 32.2 Å². The van der Waals surface area contributed by atoms with Gasteiger partial charge in [-0.05, 0) is 30.9 Å². The smallest absolute Gasteiger partial charge is 0.193 e. The number of nitrogens with zero attached hydrogens (tertiary/aromatic N) is 1. The van der Waals surface area contributed by atoms with Crippen molar-refractivity contribution in [3.8, 4) is 11.5 Å². The van der Waals surface area contributed by atoms with Crippen LogP contribution in [0.15, 0.2) is 23.2 Å². The second-order valence-electron chi connectivity index (χ2n) is 5.06. The normalized spacial score (nSPS) is 21.4. The van der Waals surface area contributed by atoms with E-state index in [4.69, 9.17) is 15.2 Å². The first-order chi connectivity index (χ1) is 9.67. The van der Waals surface area contributed by atoms with Crippen molar-refractivity contribution in [2.75, 3.05) is 19.5 Å². The van der Waals surface area contributed by atoms with Crippen LogP contribution in [0.25, 0.3) is 0 Å². The second-order valence-corrected chi connectivity index (χ2v) is 5.06. The first kappa shape index (κ1) is 14.5. The summed E-state index contributed by atoms with van der Waals surface area (Å²) in [5.74, 6) is 2.53. The SMILES string of the molecule is CCCC1CC1N=C(N)Nc1ccc(OC)c(OC)c1.